The van der Waals surface area contributed by atoms with Gasteiger partial charge in [0.05, 0.1) is 10.8 Å². The zero-order valence-corrected chi connectivity index (χ0v) is 7.35. The quantitative estimate of drug-likeness (QED) is 0.404. The highest BCUT2D eigenvalue weighted by Crippen LogP contribution is 2.57. The first-order valence-electron chi connectivity index (χ1n) is 4.27. The summed E-state index contributed by atoms with van der Waals surface area (Å²) in [6, 6.07) is 0. The molecule has 66 valence electrons. The Morgan fingerprint density at radius 2 is 1.50 bits per heavy atom. The smallest absolute Gasteiger partial charge is 0.320 e. The van der Waals surface area contributed by atoms with Crippen LogP contribution in [0.2, 0.25) is 0 Å². The molecule has 2 rings (SSSR count). The predicted octanol–water partition coefficient (Wildman–Crippen LogP) is 1.27. The monoisotopic (exact) mass is 168 g/mol. The minimum Gasteiger partial charge on any atom is -0.392 e. The summed E-state index contributed by atoms with van der Waals surface area (Å²) in [5, 5.41) is 0. The molecule has 1 aliphatic heterocycles. The van der Waals surface area contributed by atoms with E-state index in [2.05, 4.69) is 4.74 Å². The molecule has 0 spiro atoms. The van der Waals surface area contributed by atoms with E-state index in [9.17, 15) is 9.59 Å². The van der Waals surface area contributed by atoms with Crippen LogP contribution in [0.4, 0.5) is 0 Å². The van der Waals surface area contributed by atoms with Gasteiger partial charge in [-0.05, 0) is 26.7 Å². The lowest BCUT2D eigenvalue weighted by Gasteiger charge is -2.25. The summed E-state index contributed by atoms with van der Waals surface area (Å²) < 4.78 is 4.66. The van der Waals surface area contributed by atoms with Crippen LogP contribution in [-0.2, 0) is 14.3 Å². The van der Waals surface area contributed by atoms with Crippen molar-refractivity contribution in [3.8, 4) is 0 Å². The molecule has 1 saturated heterocycles. The Kier molecular flexibility index (Phi) is 1.23. The van der Waals surface area contributed by atoms with E-state index in [4.69, 9.17) is 0 Å². The van der Waals surface area contributed by atoms with Gasteiger partial charge in [-0.2, -0.15) is 0 Å². The van der Waals surface area contributed by atoms with E-state index >= 15 is 0 Å². The second-order valence-electron chi connectivity index (χ2n) is 4.19. The normalized spacial score (nSPS) is 46.2. The lowest BCUT2D eigenvalue weighted by atomic mass is 9.70. The van der Waals surface area contributed by atoms with E-state index in [1.807, 2.05) is 13.8 Å². The SMILES string of the molecule is C[C@@]12CCC[C@]1(C)C(=O)OC2=O. The van der Waals surface area contributed by atoms with Crippen molar-refractivity contribution in [3.05, 3.63) is 0 Å². The molecular weight excluding hydrogens is 156 g/mol. The Hall–Kier alpha value is -0.860. The lowest BCUT2D eigenvalue weighted by Crippen LogP contribution is -2.35. The first-order valence-corrected chi connectivity index (χ1v) is 4.27. The maximum Gasteiger partial charge on any atom is 0.320 e. The van der Waals surface area contributed by atoms with Gasteiger partial charge in [0.2, 0.25) is 0 Å². The highest BCUT2D eigenvalue weighted by atomic mass is 16.6. The Labute approximate surface area is 71.1 Å². The molecule has 3 heteroatoms. The number of hydrogen-bond donors (Lipinski definition) is 0. The van der Waals surface area contributed by atoms with E-state index in [1.54, 1.807) is 0 Å². The van der Waals surface area contributed by atoms with Crippen molar-refractivity contribution in [3.63, 3.8) is 0 Å². The van der Waals surface area contributed by atoms with Gasteiger partial charge in [-0.25, -0.2) is 0 Å². The average molecular weight is 168 g/mol. The summed E-state index contributed by atoms with van der Waals surface area (Å²) in [5.41, 5.74) is -1.08. The average Bonchev–Trinajstić information content (AvgIpc) is 2.37. The van der Waals surface area contributed by atoms with Crippen LogP contribution in [0.15, 0.2) is 0 Å². The molecule has 2 fully saturated rings. The van der Waals surface area contributed by atoms with Crippen LogP contribution in [-0.4, -0.2) is 11.9 Å². The minimum atomic E-state index is -0.538. The molecule has 3 nitrogen and oxygen atoms in total. The fourth-order valence-corrected chi connectivity index (χ4v) is 2.31. The first kappa shape index (κ1) is 7.77. The van der Waals surface area contributed by atoms with Crippen LogP contribution < -0.4 is 0 Å². The Balaban J connectivity index is 2.52. The third-order valence-corrected chi connectivity index (χ3v) is 3.66. The summed E-state index contributed by atoms with van der Waals surface area (Å²) >= 11 is 0. The molecule has 2 aliphatic rings. The van der Waals surface area contributed by atoms with Crippen molar-refractivity contribution < 1.29 is 14.3 Å². The molecule has 1 heterocycles. The molecule has 2 atom stereocenters. The fourth-order valence-electron chi connectivity index (χ4n) is 2.31. The van der Waals surface area contributed by atoms with Gasteiger partial charge in [-0.3, -0.25) is 9.59 Å². The number of carbonyl (C=O) groups excluding carboxylic acids is 2. The van der Waals surface area contributed by atoms with Crippen molar-refractivity contribution >= 4 is 11.9 Å². The Morgan fingerprint density at radius 1 is 1.08 bits per heavy atom. The van der Waals surface area contributed by atoms with Crippen molar-refractivity contribution in [2.24, 2.45) is 10.8 Å². The summed E-state index contributed by atoms with van der Waals surface area (Å²) in [6.07, 6.45) is 2.52. The van der Waals surface area contributed by atoms with E-state index in [0.717, 1.165) is 19.3 Å². The van der Waals surface area contributed by atoms with Crippen LogP contribution >= 0.6 is 0 Å². The van der Waals surface area contributed by atoms with Gasteiger partial charge in [-0.15, -0.1) is 0 Å². The fraction of sp³-hybridized carbons (Fsp3) is 0.778. The molecule has 0 aromatic heterocycles. The molecule has 0 unspecified atom stereocenters. The Morgan fingerprint density at radius 3 is 1.92 bits per heavy atom. The molecule has 1 aliphatic carbocycles. The summed E-state index contributed by atoms with van der Waals surface area (Å²) in [5.74, 6) is -0.653. The molecular formula is C9H12O3. The minimum absolute atomic E-state index is 0.326. The van der Waals surface area contributed by atoms with Gasteiger partial charge in [0, 0.05) is 0 Å². The van der Waals surface area contributed by atoms with Gasteiger partial charge < -0.3 is 4.74 Å². The number of fused-ring (bicyclic) bond motifs is 1. The van der Waals surface area contributed by atoms with Gasteiger partial charge in [0.1, 0.15) is 0 Å². The number of hydrogen-bond acceptors (Lipinski definition) is 3. The van der Waals surface area contributed by atoms with Gasteiger partial charge >= 0.3 is 11.9 Å². The summed E-state index contributed by atoms with van der Waals surface area (Å²) in [4.78, 5) is 22.7. The summed E-state index contributed by atoms with van der Waals surface area (Å²) in [6.45, 7) is 3.68. The molecule has 0 bridgehead atoms. The number of esters is 2. The molecule has 0 aromatic carbocycles. The maximum absolute atomic E-state index is 11.4. The number of ether oxygens (including phenoxy) is 1. The third-order valence-electron chi connectivity index (χ3n) is 3.66. The standard InChI is InChI=1S/C9H12O3/c1-8-4-3-5-9(8,2)7(11)12-6(8)10/h3-5H2,1-2H3/t8-,9+. The second-order valence-corrected chi connectivity index (χ2v) is 4.19. The maximum atomic E-state index is 11.4. The highest BCUT2D eigenvalue weighted by molar-refractivity contribution is 6.01. The molecule has 0 aromatic rings. The molecule has 12 heavy (non-hydrogen) atoms. The van der Waals surface area contributed by atoms with Crippen molar-refractivity contribution in [1.82, 2.24) is 0 Å². The number of rotatable bonds is 0. The van der Waals surface area contributed by atoms with E-state index in [-0.39, 0.29) is 11.9 Å². The van der Waals surface area contributed by atoms with Crippen LogP contribution in [0.25, 0.3) is 0 Å². The zero-order valence-electron chi connectivity index (χ0n) is 7.35. The predicted molar refractivity (Wildman–Crippen MR) is 41.2 cm³/mol. The molecule has 0 N–H and O–H groups in total. The van der Waals surface area contributed by atoms with Gasteiger partial charge in [0.15, 0.2) is 0 Å². The topological polar surface area (TPSA) is 43.4 Å². The van der Waals surface area contributed by atoms with E-state index < -0.39 is 10.8 Å². The first-order chi connectivity index (χ1) is 5.51. The zero-order chi connectivity index (χ0) is 8.98. The molecule has 0 amide bonds. The van der Waals surface area contributed by atoms with Crippen molar-refractivity contribution in [2.75, 3.05) is 0 Å². The Bertz CT molecular complexity index is 245. The van der Waals surface area contributed by atoms with Crippen LogP contribution in [0.3, 0.4) is 0 Å². The van der Waals surface area contributed by atoms with E-state index in [1.165, 1.54) is 0 Å². The molecule has 0 radical (unpaired) electrons. The lowest BCUT2D eigenvalue weighted by molar-refractivity contribution is -0.156. The van der Waals surface area contributed by atoms with Crippen molar-refractivity contribution in [2.45, 2.75) is 33.1 Å². The molecule has 1 saturated carbocycles. The van der Waals surface area contributed by atoms with Gasteiger partial charge in [-0.1, -0.05) is 6.42 Å². The summed E-state index contributed by atoms with van der Waals surface area (Å²) in [7, 11) is 0. The number of carbonyl (C=O) groups is 2. The van der Waals surface area contributed by atoms with Crippen LogP contribution in [0.5, 0.6) is 0 Å². The van der Waals surface area contributed by atoms with Gasteiger partial charge in [0.25, 0.3) is 0 Å². The largest absolute Gasteiger partial charge is 0.392 e. The highest BCUT2D eigenvalue weighted by Gasteiger charge is 2.65. The van der Waals surface area contributed by atoms with Crippen molar-refractivity contribution in [1.29, 1.82) is 0 Å². The van der Waals surface area contributed by atoms with E-state index in [0.29, 0.717) is 0 Å². The van der Waals surface area contributed by atoms with Crippen LogP contribution in [0, 0.1) is 10.8 Å². The number of cyclic esters (lactones) is 2. The second kappa shape index (κ2) is 1.90. The van der Waals surface area contributed by atoms with Crippen LogP contribution in [0.1, 0.15) is 33.1 Å². The third kappa shape index (κ3) is 0.586.